The number of hydrogen-bond donors (Lipinski definition) is 1. The summed E-state index contributed by atoms with van der Waals surface area (Å²) in [5, 5.41) is 3.64. The quantitative estimate of drug-likeness (QED) is 0.812. The summed E-state index contributed by atoms with van der Waals surface area (Å²) in [4.78, 5) is 0. The van der Waals surface area contributed by atoms with Crippen LogP contribution in [0.15, 0.2) is 24.3 Å². The van der Waals surface area contributed by atoms with Gasteiger partial charge >= 0.3 is 0 Å². The first-order valence-corrected chi connectivity index (χ1v) is 7.70. The van der Waals surface area contributed by atoms with E-state index in [9.17, 15) is 4.39 Å². The lowest BCUT2D eigenvalue weighted by Gasteiger charge is -2.25. The highest BCUT2D eigenvalue weighted by molar-refractivity contribution is 5.17. The topological polar surface area (TPSA) is 12.0 Å². The van der Waals surface area contributed by atoms with Gasteiger partial charge in [-0.25, -0.2) is 4.39 Å². The summed E-state index contributed by atoms with van der Waals surface area (Å²) in [6, 6.07) is 7.54. The van der Waals surface area contributed by atoms with Crippen molar-refractivity contribution in [1.82, 2.24) is 5.32 Å². The van der Waals surface area contributed by atoms with Crippen molar-refractivity contribution in [3.05, 3.63) is 35.6 Å². The van der Waals surface area contributed by atoms with Gasteiger partial charge in [0.1, 0.15) is 5.82 Å². The van der Waals surface area contributed by atoms with Gasteiger partial charge in [0, 0.05) is 6.04 Å². The minimum absolute atomic E-state index is 0.143. The van der Waals surface area contributed by atoms with Gasteiger partial charge in [0.25, 0.3) is 0 Å². The third-order valence-corrected chi connectivity index (χ3v) is 4.56. The van der Waals surface area contributed by atoms with Gasteiger partial charge in [-0.3, -0.25) is 0 Å². The van der Waals surface area contributed by atoms with Crippen LogP contribution in [0.25, 0.3) is 0 Å². The van der Waals surface area contributed by atoms with Crippen molar-refractivity contribution >= 4 is 0 Å². The maximum atomic E-state index is 13.0. The Balaban J connectivity index is 1.98. The number of hydrogen-bond acceptors (Lipinski definition) is 1. The van der Waals surface area contributed by atoms with Gasteiger partial charge in [0.2, 0.25) is 0 Å². The fraction of sp³-hybridized carbons (Fsp3) is 0.647. The maximum Gasteiger partial charge on any atom is 0.123 e. The van der Waals surface area contributed by atoms with Crippen molar-refractivity contribution in [3.63, 3.8) is 0 Å². The Labute approximate surface area is 116 Å². The van der Waals surface area contributed by atoms with Crippen LogP contribution in [0.1, 0.15) is 45.1 Å². The van der Waals surface area contributed by atoms with Crippen LogP contribution in [0, 0.1) is 17.7 Å². The molecular formula is C17H26FN. The van der Waals surface area contributed by atoms with E-state index in [1.165, 1.54) is 31.2 Å². The Kier molecular flexibility index (Phi) is 5.38. The van der Waals surface area contributed by atoms with Crippen LogP contribution >= 0.6 is 0 Å². The molecule has 0 aromatic heterocycles. The van der Waals surface area contributed by atoms with E-state index in [1.54, 1.807) is 12.1 Å². The summed E-state index contributed by atoms with van der Waals surface area (Å²) in [5.74, 6) is 1.56. The summed E-state index contributed by atoms with van der Waals surface area (Å²) in [6.45, 7) is 5.48. The van der Waals surface area contributed by atoms with Crippen molar-refractivity contribution in [2.45, 2.75) is 52.0 Å². The summed E-state index contributed by atoms with van der Waals surface area (Å²) in [6.07, 6.45) is 6.42. The zero-order valence-corrected chi connectivity index (χ0v) is 12.2. The molecule has 1 fully saturated rings. The molecule has 19 heavy (non-hydrogen) atoms. The first kappa shape index (κ1) is 14.5. The van der Waals surface area contributed by atoms with Crippen LogP contribution in [0.2, 0.25) is 0 Å². The molecule has 0 amide bonds. The Bertz CT molecular complexity index is 373. The molecule has 3 unspecified atom stereocenters. The average Bonchev–Trinajstić information content (AvgIpc) is 2.89. The Hall–Kier alpha value is -0.890. The molecule has 1 N–H and O–H groups in total. The maximum absolute atomic E-state index is 13.0. The van der Waals surface area contributed by atoms with Crippen molar-refractivity contribution in [3.8, 4) is 0 Å². The molecule has 0 bridgehead atoms. The zero-order valence-electron chi connectivity index (χ0n) is 12.2. The van der Waals surface area contributed by atoms with Crippen LogP contribution in [-0.2, 0) is 6.42 Å². The Morgan fingerprint density at radius 3 is 2.53 bits per heavy atom. The van der Waals surface area contributed by atoms with Crippen molar-refractivity contribution in [1.29, 1.82) is 0 Å². The van der Waals surface area contributed by atoms with Crippen LogP contribution in [0.4, 0.5) is 4.39 Å². The van der Waals surface area contributed by atoms with E-state index >= 15 is 0 Å². The monoisotopic (exact) mass is 263 g/mol. The predicted molar refractivity (Wildman–Crippen MR) is 78.7 cm³/mol. The fourth-order valence-corrected chi connectivity index (χ4v) is 3.39. The molecule has 1 nitrogen and oxygen atoms in total. The van der Waals surface area contributed by atoms with E-state index in [1.807, 2.05) is 12.1 Å². The minimum Gasteiger partial charge on any atom is -0.314 e. The van der Waals surface area contributed by atoms with Crippen LogP contribution in [0.5, 0.6) is 0 Å². The molecule has 0 saturated heterocycles. The highest BCUT2D eigenvalue weighted by Gasteiger charge is 2.29. The molecule has 1 aromatic rings. The number of halogens is 1. The van der Waals surface area contributed by atoms with Crippen molar-refractivity contribution in [2.75, 3.05) is 6.54 Å². The lowest BCUT2D eigenvalue weighted by Crippen LogP contribution is -2.37. The fourth-order valence-electron chi connectivity index (χ4n) is 3.39. The molecular weight excluding hydrogens is 237 g/mol. The molecule has 2 heteroatoms. The summed E-state index contributed by atoms with van der Waals surface area (Å²) in [5.41, 5.74) is 1.24. The van der Waals surface area contributed by atoms with Gasteiger partial charge in [0.15, 0.2) is 0 Å². The van der Waals surface area contributed by atoms with E-state index in [-0.39, 0.29) is 5.82 Å². The van der Waals surface area contributed by atoms with Crippen LogP contribution < -0.4 is 5.32 Å². The van der Waals surface area contributed by atoms with Crippen molar-refractivity contribution in [2.24, 2.45) is 11.8 Å². The van der Waals surface area contributed by atoms with Gasteiger partial charge in [-0.2, -0.15) is 0 Å². The molecule has 2 rings (SSSR count). The summed E-state index contributed by atoms with van der Waals surface area (Å²) < 4.78 is 13.0. The SMILES string of the molecule is CCNC(Cc1ccc(F)cc1)C1CCC(CC)C1. The highest BCUT2D eigenvalue weighted by atomic mass is 19.1. The highest BCUT2D eigenvalue weighted by Crippen LogP contribution is 2.35. The lowest BCUT2D eigenvalue weighted by atomic mass is 9.91. The second kappa shape index (κ2) is 7.04. The zero-order chi connectivity index (χ0) is 13.7. The Morgan fingerprint density at radius 1 is 1.21 bits per heavy atom. The van der Waals surface area contributed by atoms with Crippen LogP contribution in [0.3, 0.4) is 0 Å². The van der Waals surface area contributed by atoms with E-state index in [0.717, 1.165) is 24.8 Å². The molecule has 0 spiro atoms. The molecule has 106 valence electrons. The number of likely N-dealkylation sites (N-methyl/N-ethyl adjacent to an activating group) is 1. The number of nitrogens with one attached hydrogen (secondary N) is 1. The molecule has 0 heterocycles. The van der Waals surface area contributed by atoms with Crippen molar-refractivity contribution < 1.29 is 4.39 Å². The summed E-state index contributed by atoms with van der Waals surface area (Å²) >= 11 is 0. The third-order valence-electron chi connectivity index (χ3n) is 4.56. The minimum atomic E-state index is -0.143. The molecule has 0 radical (unpaired) electrons. The molecule has 1 aromatic carbocycles. The predicted octanol–water partition coefficient (Wildman–Crippen LogP) is 4.17. The largest absolute Gasteiger partial charge is 0.314 e. The van der Waals surface area contributed by atoms with E-state index < -0.39 is 0 Å². The summed E-state index contributed by atoms with van der Waals surface area (Å²) in [7, 11) is 0. The first-order valence-electron chi connectivity index (χ1n) is 7.70. The van der Waals surface area contributed by atoms with Gasteiger partial charge in [-0.05, 0) is 55.3 Å². The normalized spacial score (nSPS) is 24.6. The first-order chi connectivity index (χ1) is 9.22. The molecule has 1 saturated carbocycles. The van der Waals surface area contributed by atoms with Gasteiger partial charge in [-0.15, -0.1) is 0 Å². The standard InChI is InChI=1S/C17H26FN/c1-3-13-5-8-15(11-13)17(19-4-2)12-14-6-9-16(18)10-7-14/h6-7,9-10,13,15,17,19H,3-5,8,11-12H2,1-2H3. The molecule has 0 aliphatic heterocycles. The van der Waals surface area contributed by atoms with Gasteiger partial charge in [0.05, 0.1) is 0 Å². The molecule has 3 atom stereocenters. The molecule has 1 aliphatic carbocycles. The molecule has 1 aliphatic rings. The Morgan fingerprint density at radius 2 is 1.95 bits per heavy atom. The van der Waals surface area contributed by atoms with E-state index in [0.29, 0.717) is 6.04 Å². The number of rotatable bonds is 6. The second-order valence-electron chi connectivity index (χ2n) is 5.84. The van der Waals surface area contributed by atoms with E-state index in [4.69, 9.17) is 0 Å². The van der Waals surface area contributed by atoms with Gasteiger partial charge < -0.3 is 5.32 Å². The van der Waals surface area contributed by atoms with Crippen LogP contribution in [-0.4, -0.2) is 12.6 Å². The smallest absolute Gasteiger partial charge is 0.123 e. The second-order valence-corrected chi connectivity index (χ2v) is 5.84. The third kappa shape index (κ3) is 4.04. The lowest BCUT2D eigenvalue weighted by molar-refractivity contribution is 0.349. The van der Waals surface area contributed by atoms with Gasteiger partial charge in [-0.1, -0.05) is 38.8 Å². The average molecular weight is 263 g/mol. The number of benzene rings is 1. The van der Waals surface area contributed by atoms with E-state index in [2.05, 4.69) is 19.2 Å².